The van der Waals surface area contributed by atoms with Gasteiger partial charge in [0.1, 0.15) is 6.33 Å². The first-order valence-electron chi connectivity index (χ1n) is 9.14. The number of rotatable bonds is 3. The number of nitrogens with one attached hydrogen (secondary N) is 2. The Morgan fingerprint density at radius 1 is 0.818 bits per heavy atom. The quantitative estimate of drug-likeness (QED) is 0.392. The molecule has 0 bridgehead atoms. The van der Waals surface area contributed by atoms with Crippen LogP contribution >= 0.6 is 0 Å². The summed E-state index contributed by atoms with van der Waals surface area (Å²) in [5.74, 6) is 0. The van der Waals surface area contributed by atoms with Gasteiger partial charge in [0, 0.05) is 16.9 Å². The molecule has 2 heterocycles. The number of aromatic nitrogens is 4. The Balaban J connectivity index is 1.55. The number of benzene rings is 2. The first-order valence-corrected chi connectivity index (χ1v) is 9.14. The molecule has 33 heavy (non-hydrogen) atoms. The molecular weight excluding hydrogens is 454 g/mol. The summed E-state index contributed by atoms with van der Waals surface area (Å²) in [4.78, 5) is 12.3. The molecule has 13 heteroatoms. The fraction of sp³-hybridized carbons (Fsp3) is 0.100. The van der Waals surface area contributed by atoms with Crippen molar-refractivity contribution in [2.45, 2.75) is 12.4 Å². The molecule has 0 aliphatic heterocycles. The SMILES string of the molecule is O=C(Nc1cccc(-c2ccc3nncn3n2)c1)Nc1cc(C(F)(F)F)cc(C(F)(F)F)c1. The molecule has 4 rings (SSSR count). The van der Waals surface area contributed by atoms with Gasteiger partial charge in [-0.05, 0) is 42.5 Å². The second-order valence-corrected chi connectivity index (χ2v) is 6.81. The molecule has 0 fully saturated rings. The van der Waals surface area contributed by atoms with E-state index in [2.05, 4.69) is 20.6 Å². The zero-order valence-electron chi connectivity index (χ0n) is 16.2. The van der Waals surface area contributed by atoms with Crippen LogP contribution in [0.2, 0.25) is 0 Å². The molecular formula is C20H12F6N6O. The molecule has 0 saturated carbocycles. The number of nitrogens with zero attached hydrogens (tertiary/aromatic N) is 4. The van der Waals surface area contributed by atoms with E-state index in [0.717, 1.165) is 0 Å². The molecule has 2 aromatic heterocycles. The molecule has 4 aromatic rings. The number of halogens is 6. The Morgan fingerprint density at radius 2 is 1.48 bits per heavy atom. The first kappa shape index (κ1) is 22.0. The van der Waals surface area contributed by atoms with E-state index in [-0.39, 0.29) is 11.8 Å². The highest BCUT2D eigenvalue weighted by Gasteiger charge is 2.37. The van der Waals surface area contributed by atoms with Crippen LogP contribution in [0.1, 0.15) is 11.1 Å². The fourth-order valence-corrected chi connectivity index (χ4v) is 2.96. The molecule has 2 aromatic carbocycles. The molecule has 2 N–H and O–H groups in total. The minimum absolute atomic E-state index is 0.0217. The Labute approximate surface area is 181 Å². The van der Waals surface area contributed by atoms with Gasteiger partial charge in [0.05, 0.1) is 16.8 Å². The lowest BCUT2D eigenvalue weighted by Gasteiger charge is -2.15. The minimum Gasteiger partial charge on any atom is -0.308 e. The Bertz CT molecular complexity index is 1300. The third-order valence-electron chi connectivity index (χ3n) is 4.42. The summed E-state index contributed by atoms with van der Waals surface area (Å²) in [6, 6.07) is 9.46. The number of anilines is 2. The van der Waals surface area contributed by atoms with Gasteiger partial charge in [0.15, 0.2) is 5.65 Å². The normalized spacial score (nSPS) is 12.1. The van der Waals surface area contributed by atoms with Crippen molar-refractivity contribution in [2.75, 3.05) is 10.6 Å². The predicted octanol–water partition coefficient (Wildman–Crippen LogP) is 5.47. The van der Waals surface area contributed by atoms with Gasteiger partial charge in [-0.25, -0.2) is 4.79 Å². The van der Waals surface area contributed by atoms with Crippen LogP contribution < -0.4 is 10.6 Å². The highest BCUT2D eigenvalue weighted by molar-refractivity contribution is 6.00. The summed E-state index contributed by atoms with van der Waals surface area (Å²) < 4.78 is 79.4. The second kappa shape index (κ2) is 8.07. The van der Waals surface area contributed by atoms with Crippen molar-refractivity contribution in [3.05, 3.63) is 72.1 Å². The average Bonchev–Trinajstić information content (AvgIpc) is 3.20. The van der Waals surface area contributed by atoms with Crippen LogP contribution in [0.25, 0.3) is 16.9 Å². The molecule has 0 radical (unpaired) electrons. The number of carbonyl (C=O) groups excluding carboxylic acids is 1. The van der Waals surface area contributed by atoms with E-state index in [1.165, 1.54) is 23.0 Å². The van der Waals surface area contributed by atoms with Crippen molar-refractivity contribution in [2.24, 2.45) is 0 Å². The summed E-state index contributed by atoms with van der Waals surface area (Å²) in [7, 11) is 0. The van der Waals surface area contributed by atoms with E-state index < -0.39 is 35.2 Å². The Morgan fingerprint density at radius 3 is 2.15 bits per heavy atom. The Hall–Kier alpha value is -4.16. The zero-order chi connectivity index (χ0) is 23.8. The average molecular weight is 466 g/mol. The summed E-state index contributed by atoms with van der Waals surface area (Å²) in [5, 5.41) is 16.3. The summed E-state index contributed by atoms with van der Waals surface area (Å²) >= 11 is 0. The first-order chi connectivity index (χ1) is 15.5. The van der Waals surface area contributed by atoms with Gasteiger partial charge in [-0.15, -0.1) is 10.2 Å². The number of carbonyl (C=O) groups is 1. The van der Waals surface area contributed by atoms with Crippen LogP contribution in [0.3, 0.4) is 0 Å². The fourth-order valence-electron chi connectivity index (χ4n) is 2.96. The molecule has 0 saturated heterocycles. The van der Waals surface area contributed by atoms with Crippen molar-refractivity contribution in [3.8, 4) is 11.3 Å². The minimum atomic E-state index is -5.03. The zero-order valence-corrected chi connectivity index (χ0v) is 16.2. The molecule has 0 spiro atoms. The molecule has 0 aliphatic rings. The van der Waals surface area contributed by atoms with Crippen LogP contribution in [-0.4, -0.2) is 25.8 Å². The lowest BCUT2D eigenvalue weighted by molar-refractivity contribution is -0.143. The topological polar surface area (TPSA) is 84.2 Å². The van der Waals surface area contributed by atoms with Crippen LogP contribution in [0, 0.1) is 0 Å². The number of alkyl halides is 6. The van der Waals surface area contributed by atoms with Gasteiger partial charge in [-0.2, -0.15) is 36.0 Å². The molecule has 0 unspecified atom stereocenters. The second-order valence-electron chi connectivity index (χ2n) is 6.81. The number of hydrogen-bond donors (Lipinski definition) is 2. The van der Waals surface area contributed by atoms with Crippen LogP contribution in [0.15, 0.2) is 60.9 Å². The van der Waals surface area contributed by atoms with E-state index >= 15 is 0 Å². The molecule has 0 aliphatic carbocycles. The van der Waals surface area contributed by atoms with E-state index in [1.807, 2.05) is 5.32 Å². The lowest BCUT2D eigenvalue weighted by atomic mass is 10.1. The maximum Gasteiger partial charge on any atom is 0.416 e. The van der Waals surface area contributed by atoms with E-state index in [9.17, 15) is 31.1 Å². The Kier molecular flexibility index (Phi) is 5.39. The maximum atomic E-state index is 13.0. The summed E-state index contributed by atoms with van der Waals surface area (Å²) in [5.41, 5.74) is -1.88. The van der Waals surface area contributed by atoms with Crippen LogP contribution in [0.4, 0.5) is 42.5 Å². The highest BCUT2D eigenvalue weighted by Crippen LogP contribution is 2.37. The maximum absolute atomic E-state index is 13.0. The van der Waals surface area contributed by atoms with Crippen molar-refractivity contribution in [1.82, 2.24) is 19.8 Å². The van der Waals surface area contributed by atoms with Gasteiger partial charge in [0.25, 0.3) is 0 Å². The third-order valence-corrected chi connectivity index (χ3v) is 4.42. The van der Waals surface area contributed by atoms with Gasteiger partial charge >= 0.3 is 18.4 Å². The monoisotopic (exact) mass is 466 g/mol. The summed E-state index contributed by atoms with van der Waals surface area (Å²) in [6.45, 7) is 0. The van der Waals surface area contributed by atoms with Crippen LogP contribution in [-0.2, 0) is 12.4 Å². The number of hydrogen-bond acceptors (Lipinski definition) is 4. The van der Waals surface area contributed by atoms with Crippen LogP contribution in [0.5, 0.6) is 0 Å². The van der Waals surface area contributed by atoms with Gasteiger partial charge in [0.2, 0.25) is 0 Å². The van der Waals surface area contributed by atoms with Crippen molar-refractivity contribution < 1.29 is 31.1 Å². The third kappa shape index (κ3) is 5.02. The molecule has 0 atom stereocenters. The summed E-state index contributed by atoms with van der Waals surface area (Å²) in [6.07, 6.45) is -8.65. The van der Waals surface area contributed by atoms with Gasteiger partial charge in [-0.3, -0.25) is 0 Å². The van der Waals surface area contributed by atoms with Gasteiger partial charge < -0.3 is 10.6 Å². The smallest absolute Gasteiger partial charge is 0.308 e. The van der Waals surface area contributed by atoms with Crippen molar-refractivity contribution in [1.29, 1.82) is 0 Å². The predicted molar refractivity (Wildman–Crippen MR) is 105 cm³/mol. The number of urea groups is 1. The van der Waals surface area contributed by atoms with Crippen molar-refractivity contribution >= 4 is 23.1 Å². The highest BCUT2D eigenvalue weighted by atomic mass is 19.4. The standard InChI is InChI=1S/C20H12F6N6O/c21-19(22,23)12-7-13(20(24,25)26)9-15(8-12)29-18(33)28-14-3-1-2-11(6-14)16-4-5-17-30-27-10-32(17)31-16/h1-10H,(H2,28,29,33). The van der Waals surface area contributed by atoms with E-state index in [4.69, 9.17) is 0 Å². The molecule has 2 amide bonds. The number of amides is 2. The molecule has 7 nitrogen and oxygen atoms in total. The lowest BCUT2D eigenvalue weighted by Crippen LogP contribution is -2.20. The van der Waals surface area contributed by atoms with E-state index in [0.29, 0.717) is 29.0 Å². The van der Waals surface area contributed by atoms with Crippen molar-refractivity contribution in [3.63, 3.8) is 0 Å². The van der Waals surface area contributed by atoms with Gasteiger partial charge in [-0.1, -0.05) is 12.1 Å². The molecule has 170 valence electrons. The largest absolute Gasteiger partial charge is 0.416 e. The van der Waals surface area contributed by atoms with E-state index in [1.54, 1.807) is 24.3 Å². The number of fused-ring (bicyclic) bond motifs is 1.